The van der Waals surface area contributed by atoms with Gasteiger partial charge in [-0.2, -0.15) is 0 Å². The maximum Gasteiger partial charge on any atom is 0.333 e. The van der Waals surface area contributed by atoms with Crippen LogP contribution in [0, 0.1) is 0 Å². The van der Waals surface area contributed by atoms with Gasteiger partial charge < -0.3 is 9.64 Å². The van der Waals surface area contributed by atoms with Gasteiger partial charge in [0.15, 0.2) is 0 Å². The second-order valence-electron chi connectivity index (χ2n) is 2.50. The number of likely N-dealkylation sites (N-methyl/N-ethyl adjacent to an activating group) is 1. The van der Waals surface area contributed by atoms with Crippen molar-refractivity contribution >= 4 is 12.4 Å². The molecule has 0 fully saturated rings. The molecule has 0 saturated heterocycles. The Morgan fingerprint density at radius 2 is 2.25 bits per heavy atom. The second kappa shape index (κ2) is 5.35. The molecule has 0 bridgehead atoms. The number of nitrogens with zero attached hydrogens (tertiary/aromatic N) is 1. The largest absolute Gasteiger partial charge is 0.460 e. The predicted octanol–water partition coefficient (Wildman–Crippen LogP) is 0.194. The van der Waals surface area contributed by atoms with Crippen molar-refractivity contribution < 1.29 is 14.3 Å². The SMILES string of the molecule is C=C(C)C(=O)OCCN(C)C=O. The molecule has 0 atom stereocenters. The fourth-order valence-electron chi connectivity index (χ4n) is 0.458. The minimum Gasteiger partial charge on any atom is -0.460 e. The smallest absolute Gasteiger partial charge is 0.333 e. The van der Waals surface area contributed by atoms with Gasteiger partial charge in [0.25, 0.3) is 0 Å². The number of carbonyl (C=O) groups is 2. The third-order valence-corrected chi connectivity index (χ3v) is 1.21. The first-order chi connectivity index (χ1) is 5.57. The molecule has 0 aliphatic rings. The zero-order valence-electron chi connectivity index (χ0n) is 7.37. The molecule has 0 aliphatic carbocycles. The Labute approximate surface area is 71.8 Å². The molecule has 0 N–H and O–H groups in total. The van der Waals surface area contributed by atoms with Crippen LogP contribution in [0.2, 0.25) is 0 Å². The Morgan fingerprint density at radius 3 is 2.67 bits per heavy atom. The summed E-state index contributed by atoms with van der Waals surface area (Å²) in [6.07, 6.45) is 0.675. The van der Waals surface area contributed by atoms with E-state index >= 15 is 0 Å². The molecule has 0 rings (SSSR count). The molecule has 0 radical (unpaired) electrons. The molecule has 68 valence electrons. The third kappa shape index (κ3) is 4.49. The van der Waals surface area contributed by atoms with E-state index in [1.807, 2.05) is 0 Å². The first-order valence-electron chi connectivity index (χ1n) is 3.56. The van der Waals surface area contributed by atoms with Gasteiger partial charge in [-0.15, -0.1) is 0 Å². The zero-order chi connectivity index (χ0) is 9.56. The summed E-state index contributed by atoms with van der Waals surface area (Å²) in [6.45, 7) is 5.60. The molecule has 4 nitrogen and oxygen atoms in total. The van der Waals surface area contributed by atoms with Crippen molar-refractivity contribution in [3.63, 3.8) is 0 Å². The molecular weight excluding hydrogens is 158 g/mol. The van der Waals surface area contributed by atoms with Crippen LogP contribution in [-0.4, -0.2) is 37.5 Å². The molecule has 0 aromatic rings. The second-order valence-corrected chi connectivity index (χ2v) is 2.50. The third-order valence-electron chi connectivity index (χ3n) is 1.21. The molecule has 4 heteroatoms. The van der Waals surface area contributed by atoms with E-state index in [-0.39, 0.29) is 6.61 Å². The Morgan fingerprint density at radius 1 is 1.67 bits per heavy atom. The quantitative estimate of drug-likeness (QED) is 0.337. The van der Waals surface area contributed by atoms with Crippen molar-refractivity contribution in [2.75, 3.05) is 20.2 Å². The van der Waals surface area contributed by atoms with Crippen molar-refractivity contribution in [2.24, 2.45) is 0 Å². The van der Waals surface area contributed by atoms with Gasteiger partial charge in [-0.3, -0.25) is 4.79 Å². The van der Waals surface area contributed by atoms with E-state index in [1.165, 1.54) is 4.90 Å². The summed E-state index contributed by atoms with van der Waals surface area (Å²) in [7, 11) is 1.61. The highest BCUT2D eigenvalue weighted by Gasteiger charge is 2.02. The van der Waals surface area contributed by atoms with Crippen LogP contribution < -0.4 is 0 Å². The summed E-state index contributed by atoms with van der Waals surface area (Å²) < 4.78 is 4.74. The van der Waals surface area contributed by atoms with Crippen LogP contribution in [0.15, 0.2) is 12.2 Å². The Bertz CT molecular complexity index is 189. The van der Waals surface area contributed by atoms with E-state index in [9.17, 15) is 9.59 Å². The molecule has 0 aromatic heterocycles. The Kier molecular flexibility index (Phi) is 4.76. The summed E-state index contributed by atoms with van der Waals surface area (Å²) in [5.41, 5.74) is 0.365. The van der Waals surface area contributed by atoms with Crippen LogP contribution in [0.25, 0.3) is 0 Å². The van der Waals surface area contributed by atoms with Crippen LogP contribution in [-0.2, 0) is 14.3 Å². The lowest BCUT2D eigenvalue weighted by Gasteiger charge is -2.10. The zero-order valence-corrected chi connectivity index (χ0v) is 7.37. The van der Waals surface area contributed by atoms with Gasteiger partial charge in [0.05, 0.1) is 6.54 Å². The minimum absolute atomic E-state index is 0.209. The van der Waals surface area contributed by atoms with Crippen molar-refractivity contribution in [2.45, 2.75) is 6.92 Å². The van der Waals surface area contributed by atoms with Gasteiger partial charge in [-0.1, -0.05) is 6.58 Å². The van der Waals surface area contributed by atoms with Crippen LogP contribution in [0.3, 0.4) is 0 Å². The van der Waals surface area contributed by atoms with Gasteiger partial charge in [-0.05, 0) is 6.92 Å². The minimum atomic E-state index is -0.422. The molecule has 0 saturated carbocycles. The summed E-state index contributed by atoms with van der Waals surface area (Å²) in [5.74, 6) is -0.422. The highest BCUT2D eigenvalue weighted by Crippen LogP contribution is 1.91. The Hall–Kier alpha value is -1.32. The van der Waals surface area contributed by atoms with E-state index < -0.39 is 5.97 Å². The van der Waals surface area contributed by atoms with E-state index in [0.717, 1.165) is 0 Å². The highest BCUT2D eigenvalue weighted by atomic mass is 16.5. The van der Waals surface area contributed by atoms with Crippen molar-refractivity contribution in [3.8, 4) is 0 Å². The van der Waals surface area contributed by atoms with Crippen molar-refractivity contribution in [1.29, 1.82) is 0 Å². The van der Waals surface area contributed by atoms with E-state index in [0.29, 0.717) is 18.5 Å². The lowest BCUT2D eigenvalue weighted by Crippen LogP contribution is -2.22. The van der Waals surface area contributed by atoms with Crippen LogP contribution in [0.1, 0.15) is 6.92 Å². The molecule has 0 unspecified atom stereocenters. The van der Waals surface area contributed by atoms with Crippen molar-refractivity contribution in [1.82, 2.24) is 4.90 Å². The molecule has 0 aromatic carbocycles. The van der Waals surface area contributed by atoms with Crippen LogP contribution >= 0.6 is 0 Å². The first-order valence-corrected chi connectivity index (χ1v) is 3.56. The first kappa shape index (κ1) is 10.7. The van der Waals surface area contributed by atoms with E-state index in [4.69, 9.17) is 4.74 Å². The van der Waals surface area contributed by atoms with Crippen LogP contribution in [0.4, 0.5) is 0 Å². The Balaban J connectivity index is 3.50. The fraction of sp³-hybridized carbons (Fsp3) is 0.500. The normalized spacial score (nSPS) is 8.83. The average molecular weight is 171 g/mol. The van der Waals surface area contributed by atoms with Gasteiger partial charge in [0.1, 0.15) is 6.61 Å². The summed E-state index contributed by atoms with van der Waals surface area (Å²) in [6, 6.07) is 0. The van der Waals surface area contributed by atoms with E-state index in [2.05, 4.69) is 6.58 Å². The monoisotopic (exact) mass is 171 g/mol. The lowest BCUT2D eigenvalue weighted by atomic mass is 10.4. The topological polar surface area (TPSA) is 46.6 Å². The number of ether oxygens (including phenoxy) is 1. The number of hydrogen-bond donors (Lipinski definition) is 0. The number of rotatable bonds is 5. The number of amides is 1. The van der Waals surface area contributed by atoms with Gasteiger partial charge in [-0.25, -0.2) is 4.79 Å². The number of carbonyl (C=O) groups excluding carboxylic acids is 2. The molecule has 0 spiro atoms. The number of esters is 1. The molecule has 1 amide bonds. The van der Waals surface area contributed by atoms with E-state index in [1.54, 1.807) is 14.0 Å². The summed E-state index contributed by atoms with van der Waals surface area (Å²) >= 11 is 0. The van der Waals surface area contributed by atoms with Crippen molar-refractivity contribution in [3.05, 3.63) is 12.2 Å². The maximum atomic E-state index is 10.8. The summed E-state index contributed by atoms with van der Waals surface area (Å²) in [5, 5.41) is 0. The highest BCUT2D eigenvalue weighted by molar-refractivity contribution is 5.86. The molecule has 0 aliphatic heterocycles. The van der Waals surface area contributed by atoms with Gasteiger partial charge in [0.2, 0.25) is 6.41 Å². The van der Waals surface area contributed by atoms with Gasteiger partial charge in [0, 0.05) is 12.6 Å². The summed E-state index contributed by atoms with van der Waals surface area (Å²) in [4.78, 5) is 22.3. The standard InChI is InChI=1S/C8H13NO3/c1-7(2)8(11)12-5-4-9(3)6-10/h6H,1,4-5H2,2-3H3. The maximum absolute atomic E-state index is 10.8. The van der Waals surface area contributed by atoms with Gasteiger partial charge >= 0.3 is 5.97 Å². The lowest BCUT2D eigenvalue weighted by molar-refractivity contribution is -0.140. The fourth-order valence-corrected chi connectivity index (χ4v) is 0.458. The number of hydrogen-bond acceptors (Lipinski definition) is 3. The average Bonchev–Trinajstić information content (AvgIpc) is 2.03. The molecule has 12 heavy (non-hydrogen) atoms. The molecular formula is C8H13NO3. The predicted molar refractivity (Wildman–Crippen MR) is 44.5 cm³/mol. The molecule has 0 heterocycles. The van der Waals surface area contributed by atoms with Crippen LogP contribution in [0.5, 0.6) is 0 Å².